The second-order valence-electron chi connectivity index (χ2n) is 5.83. The Morgan fingerprint density at radius 1 is 1.26 bits per heavy atom. The third-order valence-corrected chi connectivity index (χ3v) is 4.14. The highest BCUT2D eigenvalue weighted by atomic mass is 35.5. The molecule has 0 radical (unpaired) electrons. The molecule has 2 rings (SSSR count). The van der Waals surface area contributed by atoms with Crippen molar-refractivity contribution in [1.82, 2.24) is 0 Å². The normalized spacial score (nSPS) is 21.6. The number of halogens is 1. The summed E-state index contributed by atoms with van der Waals surface area (Å²) in [5.74, 6) is 1.32. The highest BCUT2D eigenvalue weighted by molar-refractivity contribution is 6.17. The summed E-state index contributed by atoms with van der Waals surface area (Å²) in [4.78, 5) is 12.5. The minimum absolute atomic E-state index is 0.164. The quantitative estimate of drug-likeness (QED) is 0.609. The number of hydrogen-bond acceptors (Lipinski definition) is 1. The van der Waals surface area contributed by atoms with E-state index in [1.165, 1.54) is 5.56 Å². The Kier molecular flexibility index (Phi) is 4.51. The zero-order valence-electron chi connectivity index (χ0n) is 11.7. The predicted octanol–water partition coefficient (Wildman–Crippen LogP) is 4.33. The number of benzene rings is 1. The standard InChI is InChI=1S/C16H22ClNO/c1-12(2)11-16(9-5-6-10-17)13-7-3-4-8-14(13)18-15(16)19/h3-4,7-8,12H,5-6,9-11H2,1-2H3,(H,18,19). The van der Waals surface area contributed by atoms with Gasteiger partial charge in [0.15, 0.2) is 0 Å². The van der Waals surface area contributed by atoms with Crippen molar-refractivity contribution in [3.05, 3.63) is 29.8 Å². The number of carbonyl (C=O) groups is 1. The van der Waals surface area contributed by atoms with Crippen molar-refractivity contribution in [2.75, 3.05) is 11.2 Å². The maximum atomic E-state index is 12.5. The third-order valence-electron chi connectivity index (χ3n) is 3.87. The van der Waals surface area contributed by atoms with Gasteiger partial charge in [0.1, 0.15) is 0 Å². The van der Waals surface area contributed by atoms with Crippen LogP contribution in [0.5, 0.6) is 0 Å². The molecule has 1 N–H and O–H groups in total. The van der Waals surface area contributed by atoms with Gasteiger partial charge in [-0.3, -0.25) is 4.79 Å². The second kappa shape index (κ2) is 5.96. The van der Waals surface area contributed by atoms with Crippen LogP contribution in [0.3, 0.4) is 0 Å². The molecular weight excluding hydrogens is 258 g/mol. The molecule has 1 aromatic rings. The first-order valence-corrected chi connectivity index (χ1v) is 7.60. The van der Waals surface area contributed by atoms with Gasteiger partial charge in [0, 0.05) is 11.6 Å². The summed E-state index contributed by atoms with van der Waals surface area (Å²) in [6.07, 6.45) is 3.76. The number of nitrogens with one attached hydrogen (secondary N) is 1. The molecule has 104 valence electrons. The van der Waals surface area contributed by atoms with Crippen LogP contribution in [0.15, 0.2) is 24.3 Å². The molecule has 1 aliphatic heterocycles. The largest absolute Gasteiger partial charge is 0.325 e. The molecule has 0 aliphatic carbocycles. The Morgan fingerprint density at radius 2 is 2.00 bits per heavy atom. The lowest BCUT2D eigenvalue weighted by atomic mass is 9.72. The van der Waals surface area contributed by atoms with E-state index < -0.39 is 0 Å². The van der Waals surface area contributed by atoms with Crippen molar-refractivity contribution in [2.45, 2.75) is 44.9 Å². The summed E-state index contributed by atoms with van der Waals surface area (Å²) >= 11 is 5.77. The number of para-hydroxylation sites is 1. The number of hydrogen-bond donors (Lipinski definition) is 1. The van der Waals surface area contributed by atoms with Gasteiger partial charge in [-0.1, -0.05) is 38.5 Å². The Balaban J connectivity index is 2.33. The van der Waals surface area contributed by atoms with Crippen molar-refractivity contribution in [3.8, 4) is 0 Å². The van der Waals surface area contributed by atoms with Crippen LogP contribution in [0.1, 0.15) is 45.1 Å². The summed E-state index contributed by atoms with van der Waals surface area (Å²) in [5.41, 5.74) is 1.80. The summed E-state index contributed by atoms with van der Waals surface area (Å²) < 4.78 is 0. The molecule has 19 heavy (non-hydrogen) atoms. The molecule has 1 aliphatic rings. The molecule has 0 saturated heterocycles. The van der Waals surface area contributed by atoms with Gasteiger partial charge in [-0.25, -0.2) is 0 Å². The summed E-state index contributed by atoms with van der Waals surface area (Å²) in [7, 11) is 0. The van der Waals surface area contributed by atoms with E-state index in [9.17, 15) is 4.79 Å². The van der Waals surface area contributed by atoms with E-state index in [1.807, 2.05) is 18.2 Å². The minimum atomic E-state index is -0.350. The fraction of sp³-hybridized carbons (Fsp3) is 0.562. The van der Waals surface area contributed by atoms with Crippen LogP contribution in [-0.4, -0.2) is 11.8 Å². The molecular formula is C16H22ClNO. The van der Waals surface area contributed by atoms with Gasteiger partial charge in [0.25, 0.3) is 0 Å². The molecule has 0 aromatic heterocycles. The Labute approximate surface area is 120 Å². The number of alkyl halides is 1. The molecule has 1 atom stereocenters. The number of rotatable bonds is 6. The lowest BCUT2D eigenvalue weighted by Crippen LogP contribution is -2.36. The molecule has 3 heteroatoms. The van der Waals surface area contributed by atoms with E-state index in [4.69, 9.17) is 11.6 Å². The smallest absolute Gasteiger partial charge is 0.235 e. The van der Waals surface area contributed by atoms with Gasteiger partial charge < -0.3 is 5.32 Å². The SMILES string of the molecule is CC(C)CC1(CCCCCl)C(=O)Nc2ccccc21. The first-order valence-electron chi connectivity index (χ1n) is 7.07. The summed E-state index contributed by atoms with van der Waals surface area (Å²) in [5, 5.41) is 3.05. The fourth-order valence-corrected chi connectivity index (χ4v) is 3.33. The van der Waals surface area contributed by atoms with E-state index >= 15 is 0 Å². The van der Waals surface area contributed by atoms with Crippen molar-refractivity contribution in [1.29, 1.82) is 0 Å². The third kappa shape index (κ3) is 2.79. The average Bonchev–Trinajstić information content (AvgIpc) is 2.63. The van der Waals surface area contributed by atoms with Crippen LogP contribution in [0.25, 0.3) is 0 Å². The van der Waals surface area contributed by atoms with E-state index in [-0.39, 0.29) is 11.3 Å². The van der Waals surface area contributed by atoms with Crippen molar-refractivity contribution >= 4 is 23.2 Å². The molecule has 1 aromatic carbocycles. The van der Waals surface area contributed by atoms with Gasteiger partial charge in [-0.2, -0.15) is 0 Å². The first-order chi connectivity index (χ1) is 9.10. The van der Waals surface area contributed by atoms with Crippen LogP contribution >= 0.6 is 11.6 Å². The van der Waals surface area contributed by atoms with E-state index in [0.717, 1.165) is 31.4 Å². The van der Waals surface area contributed by atoms with Gasteiger partial charge in [-0.05, 0) is 36.8 Å². The van der Waals surface area contributed by atoms with Crippen LogP contribution in [0.2, 0.25) is 0 Å². The monoisotopic (exact) mass is 279 g/mol. The molecule has 0 fully saturated rings. The van der Waals surface area contributed by atoms with Crippen LogP contribution in [0, 0.1) is 5.92 Å². The van der Waals surface area contributed by atoms with Gasteiger partial charge in [0.2, 0.25) is 5.91 Å². The van der Waals surface area contributed by atoms with E-state index in [0.29, 0.717) is 11.8 Å². The van der Waals surface area contributed by atoms with Crippen molar-refractivity contribution < 1.29 is 4.79 Å². The molecule has 0 spiro atoms. The Bertz CT molecular complexity index is 458. The summed E-state index contributed by atoms with van der Waals surface area (Å²) in [6.45, 7) is 4.36. The number of amides is 1. The Morgan fingerprint density at radius 3 is 2.68 bits per heavy atom. The van der Waals surface area contributed by atoms with Crippen LogP contribution < -0.4 is 5.32 Å². The van der Waals surface area contributed by atoms with E-state index in [1.54, 1.807) is 0 Å². The van der Waals surface area contributed by atoms with Gasteiger partial charge in [0.05, 0.1) is 5.41 Å². The molecule has 1 amide bonds. The van der Waals surface area contributed by atoms with Crippen molar-refractivity contribution in [3.63, 3.8) is 0 Å². The minimum Gasteiger partial charge on any atom is -0.325 e. The molecule has 0 bridgehead atoms. The number of anilines is 1. The Hall–Kier alpha value is -1.02. The average molecular weight is 280 g/mol. The van der Waals surface area contributed by atoms with Gasteiger partial charge in [-0.15, -0.1) is 11.6 Å². The highest BCUT2D eigenvalue weighted by Gasteiger charge is 2.45. The maximum absolute atomic E-state index is 12.5. The molecule has 1 unspecified atom stereocenters. The molecule has 2 nitrogen and oxygen atoms in total. The van der Waals surface area contributed by atoms with Crippen LogP contribution in [0.4, 0.5) is 5.69 Å². The summed E-state index contributed by atoms with van der Waals surface area (Å²) in [6, 6.07) is 8.09. The predicted molar refractivity (Wildman–Crippen MR) is 80.8 cm³/mol. The van der Waals surface area contributed by atoms with Crippen molar-refractivity contribution in [2.24, 2.45) is 5.92 Å². The number of fused-ring (bicyclic) bond motifs is 1. The number of unbranched alkanes of at least 4 members (excludes halogenated alkanes) is 1. The first kappa shape index (κ1) is 14.4. The molecule has 1 heterocycles. The maximum Gasteiger partial charge on any atom is 0.235 e. The second-order valence-corrected chi connectivity index (χ2v) is 6.20. The van der Waals surface area contributed by atoms with Gasteiger partial charge >= 0.3 is 0 Å². The highest BCUT2D eigenvalue weighted by Crippen LogP contribution is 2.45. The lowest BCUT2D eigenvalue weighted by molar-refractivity contribution is -0.121. The molecule has 0 saturated carbocycles. The number of carbonyl (C=O) groups excluding carboxylic acids is 1. The zero-order chi connectivity index (χ0) is 13.9. The zero-order valence-corrected chi connectivity index (χ0v) is 12.5. The van der Waals surface area contributed by atoms with E-state index in [2.05, 4.69) is 25.2 Å². The lowest BCUT2D eigenvalue weighted by Gasteiger charge is -2.29. The topological polar surface area (TPSA) is 29.1 Å². The fourth-order valence-electron chi connectivity index (χ4n) is 3.14. The van der Waals surface area contributed by atoms with Crippen LogP contribution in [-0.2, 0) is 10.2 Å².